The average Bonchev–Trinajstić information content (AvgIpc) is 3.16. The first kappa shape index (κ1) is 17.9. The highest BCUT2D eigenvalue weighted by molar-refractivity contribution is 7.89. The van der Waals surface area contributed by atoms with Crippen molar-refractivity contribution in [3.63, 3.8) is 0 Å². The second kappa shape index (κ2) is 7.15. The van der Waals surface area contributed by atoms with Gasteiger partial charge in [-0.1, -0.05) is 11.6 Å². The van der Waals surface area contributed by atoms with Crippen LogP contribution in [0.3, 0.4) is 0 Å². The number of carbonyl (C=O) groups excluding carboxylic acids is 1. The summed E-state index contributed by atoms with van der Waals surface area (Å²) in [4.78, 5) is 11.6. The summed E-state index contributed by atoms with van der Waals surface area (Å²) in [5, 5.41) is 6.91. The van der Waals surface area contributed by atoms with E-state index in [4.69, 9.17) is 11.6 Å². The predicted molar refractivity (Wildman–Crippen MR) is 92.1 cm³/mol. The molecule has 1 saturated heterocycles. The fourth-order valence-corrected chi connectivity index (χ4v) is 5.02. The zero-order valence-electron chi connectivity index (χ0n) is 13.6. The molecule has 0 saturated carbocycles. The Balaban J connectivity index is 1.92. The zero-order chi connectivity index (χ0) is 18.0. The van der Waals surface area contributed by atoms with Gasteiger partial charge in [0.15, 0.2) is 0 Å². The van der Waals surface area contributed by atoms with E-state index >= 15 is 0 Å². The summed E-state index contributed by atoms with van der Waals surface area (Å²) < 4.78 is 32.2. The van der Waals surface area contributed by atoms with E-state index in [9.17, 15) is 13.2 Å². The van der Waals surface area contributed by atoms with Crippen LogP contribution in [0.5, 0.6) is 0 Å². The number of carbonyl (C=O) groups is 1. The molecule has 2 aromatic rings. The van der Waals surface area contributed by atoms with Crippen molar-refractivity contribution >= 4 is 27.6 Å². The third kappa shape index (κ3) is 3.56. The van der Waals surface area contributed by atoms with E-state index < -0.39 is 16.0 Å². The molecule has 0 amide bonds. The number of esters is 1. The first-order chi connectivity index (χ1) is 11.9. The van der Waals surface area contributed by atoms with Crippen molar-refractivity contribution in [3.05, 3.63) is 46.7 Å². The van der Waals surface area contributed by atoms with E-state index in [0.29, 0.717) is 13.1 Å². The Morgan fingerprint density at radius 3 is 2.88 bits per heavy atom. The highest BCUT2D eigenvalue weighted by atomic mass is 35.5. The van der Waals surface area contributed by atoms with Crippen molar-refractivity contribution in [1.29, 1.82) is 0 Å². The van der Waals surface area contributed by atoms with Gasteiger partial charge in [0.05, 0.1) is 17.7 Å². The van der Waals surface area contributed by atoms with Crippen LogP contribution < -0.4 is 0 Å². The van der Waals surface area contributed by atoms with E-state index in [1.54, 1.807) is 6.20 Å². The van der Waals surface area contributed by atoms with Gasteiger partial charge in [0.1, 0.15) is 4.90 Å². The predicted octanol–water partition coefficient (Wildman–Crippen LogP) is 2.42. The van der Waals surface area contributed by atoms with Crippen molar-refractivity contribution in [2.45, 2.75) is 23.7 Å². The molecule has 0 unspecified atom stereocenters. The Morgan fingerprint density at radius 2 is 2.20 bits per heavy atom. The maximum absolute atomic E-state index is 13.0. The van der Waals surface area contributed by atoms with Crippen LogP contribution in [0, 0.1) is 0 Å². The highest BCUT2D eigenvalue weighted by Gasteiger charge is 2.33. The summed E-state index contributed by atoms with van der Waals surface area (Å²) in [6.07, 6.45) is 3.26. The van der Waals surface area contributed by atoms with Crippen molar-refractivity contribution < 1.29 is 17.9 Å². The fourth-order valence-electron chi connectivity index (χ4n) is 2.99. The van der Waals surface area contributed by atoms with Gasteiger partial charge in [-0.25, -0.2) is 13.2 Å². The monoisotopic (exact) mass is 383 g/mol. The largest absolute Gasteiger partial charge is 0.465 e. The number of aromatic nitrogens is 2. The molecule has 7 nitrogen and oxygen atoms in total. The average molecular weight is 384 g/mol. The third-order valence-corrected chi connectivity index (χ3v) is 6.66. The molecule has 1 atom stereocenters. The number of H-pyrrole nitrogens is 1. The van der Waals surface area contributed by atoms with Gasteiger partial charge in [-0.15, -0.1) is 0 Å². The maximum Gasteiger partial charge on any atom is 0.337 e. The molecule has 0 spiro atoms. The van der Waals surface area contributed by atoms with Gasteiger partial charge in [0.2, 0.25) is 10.0 Å². The number of hydrogen-bond acceptors (Lipinski definition) is 5. The fraction of sp³-hybridized carbons (Fsp3) is 0.375. The van der Waals surface area contributed by atoms with E-state index in [2.05, 4.69) is 14.9 Å². The van der Waals surface area contributed by atoms with Gasteiger partial charge >= 0.3 is 5.97 Å². The van der Waals surface area contributed by atoms with Crippen LogP contribution in [0.25, 0.3) is 0 Å². The summed E-state index contributed by atoms with van der Waals surface area (Å²) in [5.74, 6) is -0.560. The van der Waals surface area contributed by atoms with Crippen LogP contribution in [0.4, 0.5) is 0 Å². The van der Waals surface area contributed by atoms with Crippen molar-refractivity contribution in [2.75, 3.05) is 20.2 Å². The number of hydrogen-bond donors (Lipinski definition) is 1. The molecule has 1 aromatic carbocycles. The summed E-state index contributed by atoms with van der Waals surface area (Å²) >= 11 is 6.11. The SMILES string of the molecule is COC(=O)c1ccc(Cl)c(S(=O)(=O)N2CCC[C@H](c3ccn[nH]3)C2)c1. The number of rotatable bonds is 4. The van der Waals surface area contributed by atoms with Crippen LogP contribution in [0.2, 0.25) is 5.02 Å². The van der Waals surface area contributed by atoms with Gasteiger partial charge in [-0.2, -0.15) is 9.40 Å². The first-order valence-electron chi connectivity index (χ1n) is 7.80. The molecular weight excluding hydrogens is 366 g/mol. The number of methoxy groups -OCH3 is 1. The number of ether oxygens (including phenoxy) is 1. The lowest BCUT2D eigenvalue weighted by Gasteiger charge is -2.31. The van der Waals surface area contributed by atoms with Crippen LogP contribution in [-0.4, -0.2) is 49.1 Å². The summed E-state index contributed by atoms with van der Waals surface area (Å²) in [6.45, 7) is 0.745. The Kier molecular flexibility index (Phi) is 5.12. The molecule has 3 rings (SSSR count). The number of nitrogens with zero attached hydrogens (tertiary/aromatic N) is 2. The van der Waals surface area contributed by atoms with Crippen molar-refractivity contribution in [3.8, 4) is 0 Å². The Hall–Kier alpha value is -1.90. The number of sulfonamides is 1. The minimum Gasteiger partial charge on any atom is -0.465 e. The topological polar surface area (TPSA) is 92.4 Å². The summed E-state index contributed by atoms with van der Waals surface area (Å²) in [6, 6.07) is 5.96. The van der Waals surface area contributed by atoms with Crippen molar-refractivity contribution in [1.82, 2.24) is 14.5 Å². The summed E-state index contributed by atoms with van der Waals surface area (Å²) in [5.41, 5.74) is 1.06. The zero-order valence-corrected chi connectivity index (χ0v) is 15.2. The molecule has 25 heavy (non-hydrogen) atoms. The molecule has 2 heterocycles. The van der Waals surface area contributed by atoms with Gasteiger partial charge < -0.3 is 4.74 Å². The smallest absolute Gasteiger partial charge is 0.337 e. The Bertz CT molecular complexity index is 868. The summed E-state index contributed by atoms with van der Waals surface area (Å²) in [7, 11) is -2.58. The van der Waals surface area contributed by atoms with E-state index in [1.165, 1.54) is 29.6 Å². The van der Waals surface area contributed by atoms with E-state index in [0.717, 1.165) is 18.5 Å². The number of benzene rings is 1. The lowest BCUT2D eigenvalue weighted by molar-refractivity contribution is 0.0600. The quantitative estimate of drug-likeness (QED) is 0.818. The lowest BCUT2D eigenvalue weighted by Crippen LogP contribution is -2.39. The minimum atomic E-state index is -3.82. The van der Waals surface area contributed by atoms with Crippen LogP contribution in [0.1, 0.15) is 34.8 Å². The molecule has 1 aliphatic rings. The van der Waals surface area contributed by atoms with Gasteiger partial charge in [0, 0.05) is 30.9 Å². The van der Waals surface area contributed by atoms with Gasteiger partial charge in [-0.3, -0.25) is 5.10 Å². The van der Waals surface area contributed by atoms with E-state index in [-0.39, 0.29) is 21.4 Å². The van der Waals surface area contributed by atoms with Crippen LogP contribution in [0.15, 0.2) is 35.4 Å². The second-order valence-electron chi connectivity index (χ2n) is 5.85. The molecule has 1 fully saturated rings. The van der Waals surface area contributed by atoms with Crippen LogP contribution in [-0.2, 0) is 14.8 Å². The molecule has 9 heteroatoms. The minimum absolute atomic E-state index is 0.0496. The van der Waals surface area contributed by atoms with Gasteiger partial charge in [-0.05, 0) is 37.1 Å². The molecule has 0 aliphatic carbocycles. The Morgan fingerprint density at radius 1 is 1.40 bits per heavy atom. The number of halogens is 1. The molecule has 1 aliphatic heterocycles. The maximum atomic E-state index is 13.0. The number of piperidine rings is 1. The lowest BCUT2D eigenvalue weighted by atomic mass is 9.96. The Labute approximate surface area is 151 Å². The molecule has 0 bridgehead atoms. The number of nitrogens with one attached hydrogen (secondary N) is 1. The number of aromatic amines is 1. The van der Waals surface area contributed by atoms with E-state index in [1.807, 2.05) is 6.07 Å². The highest BCUT2D eigenvalue weighted by Crippen LogP contribution is 2.32. The van der Waals surface area contributed by atoms with Crippen LogP contribution >= 0.6 is 11.6 Å². The van der Waals surface area contributed by atoms with Crippen molar-refractivity contribution in [2.24, 2.45) is 0 Å². The molecule has 134 valence electrons. The first-order valence-corrected chi connectivity index (χ1v) is 9.62. The molecular formula is C16H18ClN3O4S. The molecule has 1 N–H and O–H groups in total. The van der Waals surface area contributed by atoms with Gasteiger partial charge in [0.25, 0.3) is 0 Å². The second-order valence-corrected chi connectivity index (χ2v) is 8.16. The standard InChI is InChI=1S/C16H18ClN3O4S/c1-24-16(21)11-4-5-13(17)15(9-11)25(22,23)20-8-2-3-12(10-20)14-6-7-18-19-14/h4-7,9,12H,2-3,8,10H2,1H3,(H,18,19)/t12-/m0/s1. The third-order valence-electron chi connectivity index (χ3n) is 4.32. The molecule has 0 radical (unpaired) electrons. The normalized spacial score (nSPS) is 18.9. The molecule has 1 aromatic heterocycles.